The number of carbonyl (C=O) groups is 1. The molecule has 0 bridgehead atoms. The Bertz CT molecular complexity index is 1000. The van der Waals surface area contributed by atoms with Crippen molar-refractivity contribution in [3.63, 3.8) is 0 Å². The molecule has 26 heavy (non-hydrogen) atoms. The number of fused-ring (bicyclic) bond motifs is 1. The number of para-hydroxylation sites is 2. The van der Waals surface area contributed by atoms with Crippen molar-refractivity contribution >= 4 is 16.9 Å². The first-order valence-electron chi connectivity index (χ1n) is 8.73. The summed E-state index contributed by atoms with van der Waals surface area (Å²) < 4.78 is 4.13. The van der Waals surface area contributed by atoms with Gasteiger partial charge in [-0.3, -0.25) is 4.79 Å². The van der Waals surface area contributed by atoms with E-state index in [4.69, 9.17) is 0 Å². The van der Waals surface area contributed by atoms with Crippen LogP contribution in [0.15, 0.2) is 79.4 Å². The van der Waals surface area contributed by atoms with Crippen LogP contribution < -0.4 is 5.32 Å². The summed E-state index contributed by atoms with van der Waals surface area (Å²) >= 11 is 0. The van der Waals surface area contributed by atoms with Crippen molar-refractivity contribution in [1.82, 2.24) is 19.4 Å². The van der Waals surface area contributed by atoms with Crippen LogP contribution >= 0.6 is 0 Å². The zero-order chi connectivity index (χ0) is 17.8. The molecule has 0 saturated heterocycles. The lowest BCUT2D eigenvalue weighted by Gasteiger charge is -2.08. The van der Waals surface area contributed by atoms with Crippen LogP contribution in [0.3, 0.4) is 0 Å². The van der Waals surface area contributed by atoms with Gasteiger partial charge in [-0.2, -0.15) is 0 Å². The van der Waals surface area contributed by atoms with E-state index in [0.717, 1.165) is 29.7 Å². The maximum atomic E-state index is 12.3. The van der Waals surface area contributed by atoms with Crippen LogP contribution in [0.1, 0.15) is 16.8 Å². The fourth-order valence-electron chi connectivity index (χ4n) is 3.03. The summed E-state index contributed by atoms with van der Waals surface area (Å²) in [5.41, 5.74) is 3.84. The van der Waals surface area contributed by atoms with Gasteiger partial charge in [0.25, 0.3) is 5.91 Å². The zero-order valence-corrected chi connectivity index (χ0v) is 14.4. The first kappa shape index (κ1) is 16.1. The molecule has 2 aromatic carbocycles. The Labute approximate surface area is 151 Å². The van der Waals surface area contributed by atoms with Crippen LogP contribution in [-0.2, 0) is 6.54 Å². The lowest BCUT2D eigenvalue weighted by Crippen LogP contribution is -2.25. The van der Waals surface area contributed by atoms with Gasteiger partial charge in [0.2, 0.25) is 0 Å². The number of rotatable bonds is 6. The Kier molecular flexibility index (Phi) is 4.51. The Balaban J connectivity index is 1.30. The number of amides is 1. The van der Waals surface area contributed by atoms with Crippen molar-refractivity contribution in [3.8, 4) is 5.69 Å². The average molecular weight is 344 g/mol. The minimum absolute atomic E-state index is 0.0421. The molecule has 2 aromatic heterocycles. The highest BCUT2D eigenvalue weighted by molar-refractivity contribution is 5.94. The normalized spacial score (nSPS) is 10.9. The van der Waals surface area contributed by atoms with Gasteiger partial charge in [-0.15, -0.1) is 0 Å². The number of hydrogen-bond donors (Lipinski definition) is 1. The molecule has 2 heterocycles. The standard InChI is InChI=1S/C21H20N4O/c26-21(17-8-10-18(11-9-17)24-13-3-4-14-24)22-12-5-15-25-16-23-19-6-1-2-7-20(19)25/h1-4,6-11,13-14,16H,5,12,15H2,(H,22,26). The van der Waals surface area contributed by atoms with Gasteiger partial charge in [0.1, 0.15) is 0 Å². The van der Waals surface area contributed by atoms with Gasteiger partial charge in [0, 0.05) is 36.7 Å². The van der Waals surface area contributed by atoms with E-state index < -0.39 is 0 Å². The number of nitrogens with one attached hydrogen (secondary N) is 1. The van der Waals surface area contributed by atoms with Crippen LogP contribution in [0.4, 0.5) is 0 Å². The number of hydrogen-bond acceptors (Lipinski definition) is 2. The second-order valence-corrected chi connectivity index (χ2v) is 6.17. The maximum Gasteiger partial charge on any atom is 0.251 e. The molecule has 0 aliphatic rings. The molecule has 1 amide bonds. The first-order valence-corrected chi connectivity index (χ1v) is 8.73. The zero-order valence-electron chi connectivity index (χ0n) is 14.4. The number of imidazole rings is 1. The third-order valence-electron chi connectivity index (χ3n) is 4.42. The minimum atomic E-state index is -0.0421. The molecule has 0 aliphatic carbocycles. The van der Waals surface area contributed by atoms with E-state index in [9.17, 15) is 4.79 Å². The Morgan fingerprint density at radius 3 is 2.54 bits per heavy atom. The number of benzene rings is 2. The van der Waals surface area contributed by atoms with Gasteiger partial charge in [0.15, 0.2) is 0 Å². The molecule has 130 valence electrons. The first-order chi connectivity index (χ1) is 12.8. The van der Waals surface area contributed by atoms with Gasteiger partial charge >= 0.3 is 0 Å². The minimum Gasteiger partial charge on any atom is -0.352 e. The third-order valence-corrected chi connectivity index (χ3v) is 4.42. The lowest BCUT2D eigenvalue weighted by atomic mass is 10.2. The predicted octanol–water partition coefficient (Wildman–Crippen LogP) is 3.65. The quantitative estimate of drug-likeness (QED) is 0.543. The topological polar surface area (TPSA) is 51.9 Å². The summed E-state index contributed by atoms with van der Waals surface area (Å²) in [6.45, 7) is 1.46. The second-order valence-electron chi connectivity index (χ2n) is 6.17. The van der Waals surface area contributed by atoms with Crippen LogP contribution in [0.2, 0.25) is 0 Å². The van der Waals surface area contributed by atoms with Crippen molar-refractivity contribution in [2.75, 3.05) is 6.54 Å². The van der Waals surface area contributed by atoms with Gasteiger partial charge in [-0.25, -0.2) is 4.98 Å². The highest BCUT2D eigenvalue weighted by Crippen LogP contribution is 2.12. The number of carbonyl (C=O) groups excluding carboxylic acids is 1. The summed E-state index contributed by atoms with van der Waals surface area (Å²) in [4.78, 5) is 16.7. The Morgan fingerprint density at radius 1 is 0.962 bits per heavy atom. The average Bonchev–Trinajstić information content (AvgIpc) is 3.35. The van der Waals surface area contributed by atoms with E-state index in [-0.39, 0.29) is 5.91 Å². The molecule has 0 unspecified atom stereocenters. The molecule has 0 radical (unpaired) electrons. The molecule has 0 spiro atoms. The van der Waals surface area contributed by atoms with Gasteiger partial charge in [0.05, 0.1) is 17.4 Å². The van der Waals surface area contributed by atoms with E-state index in [1.54, 1.807) is 0 Å². The molecule has 4 aromatic rings. The highest BCUT2D eigenvalue weighted by Gasteiger charge is 2.06. The van der Waals surface area contributed by atoms with Crippen molar-refractivity contribution in [2.24, 2.45) is 0 Å². The van der Waals surface area contributed by atoms with Crippen molar-refractivity contribution < 1.29 is 4.79 Å². The van der Waals surface area contributed by atoms with Crippen LogP contribution in [0.25, 0.3) is 16.7 Å². The van der Waals surface area contributed by atoms with Crippen LogP contribution in [-0.4, -0.2) is 26.6 Å². The lowest BCUT2D eigenvalue weighted by molar-refractivity contribution is 0.0953. The Hall–Kier alpha value is -3.34. The monoisotopic (exact) mass is 344 g/mol. The SMILES string of the molecule is O=C(NCCCn1cnc2ccccc21)c1ccc(-n2cccc2)cc1. The molecule has 0 atom stereocenters. The molecular formula is C21H20N4O. The fourth-order valence-corrected chi connectivity index (χ4v) is 3.03. The number of aryl methyl sites for hydroxylation is 1. The molecular weight excluding hydrogens is 324 g/mol. The largest absolute Gasteiger partial charge is 0.352 e. The van der Waals surface area contributed by atoms with Gasteiger partial charge in [-0.1, -0.05) is 12.1 Å². The van der Waals surface area contributed by atoms with Crippen molar-refractivity contribution in [3.05, 3.63) is 84.9 Å². The molecule has 0 aliphatic heterocycles. The fraction of sp³-hybridized carbons (Fsp3) is 0.143. The van der Waals surface area contributed by atoms with Crippen molar-refractivity contribution in [1.29, 1.82) is 0 Å². The summed E-state index contributed by atoms with van der Waals surface area (Å²) in [5, 5.41) is 2.98. The summed E-state index contributed by atoms with van der Waals surface area (Å²) in [6.07, 6.45) is 6.67. The number of nitrogens with zero attached hydrogens (tertiary/aromatic N) is 3. The van der Waals surface area contributed by atoms with E-state index >= 15 is 0 Å². The molecule has 0 saturated carbocycles. The van der Waals surface area contributed by atoms with Gasteiger partial charge < -0.3 is 14.5 Å². The highest BCUT2D eigenvalue weighted by atomic mass is 16.1. The molecule has 5 heteroatoms. The summed E-state index contributed by atoms with van der Waals surface area (Å²) in [5.74, 6) is -0.0421. The molecule has 5 nitrogen and oxygen atoms in total. The van der Waals surface area contributed by atoms with E-state index in [0.29, 0.717) is 12.1 Å². The summed E-state index contributed by atoms with van der Waals surface area (Å²) in [6, 6.07) is 19.6. The second kappa shape index (κ2) is 7.27. The van der Waals surface area contributed by atoms with Crippen LogP contribution in [0.5, 0.6) is 0 Å². The predicted molar refractivity (Wildman–Crippen MR) is 102 cm³/mol. The van der Waals surface area contributed by atoms with Crippen molar-refractivity contribution in [2.45, 2.75) is 13.0 Å². The van der Waals surface area contributed by atoms with E-state index in [1.165, 1.54) is 0 Å². The number of aromatic nitrogens is 3. The van der Waals surface area contributed by atoms with E-state index in [2.05, 4.69) is 20.9 Å². The smallest absolute Gasteiger partial charge is 0.251 e. The van der Waals surface area contributed by atoms with E-state index in [1.807, 2.05) is 77.9 Å². The Morgan fingerprint density at radius 2 is 1.73 bits per heavy atom. The van der Waals surface area contributed by atoms with Gasteiger partial charge in [-0.05, 0) is 55.0 Å². The molecule has 4 rings (SSSR count). The molecule has 1 N–H and O–H groups in total. The third kappa shape index (κ3) is 3.37. The summed E-state index contributed by atoms with van der Waals surface area (Å²) in [7, 11) is 0. The van der Waals surface area contributed by atoms with Crippen LogP contribution in [0, 0.1) is 0 Å². The molecule has 0 fully saturated rings. The maximum absolute atomic E-state index is 12.3.